The molecule has 1 aromatic rings. The van der Waals surface area contributed by atoms with Crippen molar-refractivity contribution in [3.05, 3.63) is 18.0 Å². The summed E-state index contributed by atoms with van der Waals surface area (Å²) in [6.45, 7) is 3.13. The maximum absolute atomic E-state index is 10.8. The van der Waals surface area contributed by atoms with Crippen molar-refractivity contribution in [2.24, 2.45) is 5.92 Å². The Morgan fingerprint density at radius 3 is 3.07 bits per heavy atom. The Hall–Kier alpha value is -1.65. The summed E-state index contributed by atoms with van der Waals surface area (Å²) in [6.07, 6.45) is 2.37. The summed E-state index contributed by atoms with van der Waals surface area (Å²) < 4.78 is 0. The number of carboxylic acids is 1. The van der Waals surface area contributed by atoms with E-state index in [0.29, 0.717) is 18.9 Å². The lowest BCUT2D eigenvalue weighted by Crippen LogP contribution is -2.24. The Morgan fingerprint density at radius 1 is 1.67 bits per heavy atom. The number of hydrogen-bond donors (Lipinski definition) is 1. The van der Waals surface area contributed by atoms with Crippen LogP contribution in [0, 0.1) is 12.8 Å². The van der Waals surface area contributed by atoms with E-state index in [1.54, 1.807) is 6.20 Å². The van der Waals surface area contributed by atoms with Crippen molar-refractivity contribution >= 4 is 11.9 Å². The lowest BCUT2D eigenvalue weighted by atomic mass is 10.1. The summed E-state index contributed by atoms with van der Waals surface area (Å²) >= 11 is 0. The fraction of sp³-hybridized carbons (Fsp3) is 0.500. The van der Waals surface area contributed by atoms with Gasteiger partial charge in [0.2, 0.25) is 5.95 Å². The molecule has 0 aromatic carbocycles. The molecule has 80 valence electrons. The fourth-order valence-corrected chi connectivity index (χ4v) is 1.73. The lowest BCUT2D eigenvalue weighted by Gasteiger charge is -2.15. The molecule has 0 spiro atoms. The molecule has 0 bridgehead atoms. The van der Waals surface area contributed by atoms with Crippen LogP contribution in [0.5, 0.6) is 0 Å². The molecule has 0 aliphatic carbocycles. The van der Waals surface area contributed by atoms with E-state index in [2.05, 4.69) is 9.97 Å². The highest BCUT2D eigenvalue weighted by atomic mass is 16.4. The number of rotatable bonds is 2. The zero-order valence-corrected chi connectivity index (χ0v) is 8.55. The van der Waals surface area contributed by atoms with E-state index in [-0.39, 0.29) is 5.92 Å². The predicted molar refractivity (Wildman–Crippen MR) is 54.7 cm³/mol. The van der Waals surface area contributed by atoms with Crippen LogP contribution in [0.3, 0.4) is 0 Å². The van der Waals surface area contributed by atoms with Crippen LogP contribution in [0.1, 0.15) is 12.1 Å². The SMILES string of the molecule is Cc1ccnc(N2CCC(C(=O)O)C2)n1. The van der Waals surface area contributed by atoms with E-state index in [1.807, 2.05) is 17.9 Å². The van der Waals surface area contributed by atoms with E-state index >= 15 is 0 Å². The van der Waals surface area contributed by atoms with E-state index in [9.17, 15) is 4.79 Å². The molecule has 2 rings (SSSR count). The van der Waals surface area contributed by atoms with Crippen LogP contribution in [0.15, 0.2) is 12.3 Å². The number of nitrogens with zero attached hydrogens (tertiary/aromatic N) is 3. The first-order valence-electron chi connectivity index (χ1n) is 4.94. The third-order valence-electron chi connectivity index (χ3n) is 2.60. The number of anilines is 1. The average Bonchev–Trinajstić information content (AvgIpc) is 2.66. The van der Waals surface area contributed by atoms with Crippen molar-refractivity contribution in [3.63, 3.8) is 0 Å². The molecule has 1 atom stereocenters. The van der Waals surface area contributed by atoms with Crippen LogP contribution in [0.4, 0.5) is 5.95 Å². The monoisotopic (exact) mass is 207 g/mol. The molecule has 0 saturated carbocycles. The van der Waals surface area contributed by atoms with Gasteiger partial charge in [0, 0.05) is 25.0 Å². The van der Waals surface area contributed by atoms with Gasteiger partial charge in [0.25, 0.3) is 0 Å². The summed E-state index contributed by atoms with van der Waals surface area (Å²) in [5.41, 5.74) is 0.902. The van der Waals surface area contributed by atoms with Crippen molar-refractivity contribution in [2.75, 3.05) is 18.0 Å². The smallest absolute Gasteiger partial charge is 0.308 e. The minimum absolute atomic E-state index is 0.283. The van der Waals surface area contributed by atoms with Gasteiger partial charge in [-0.1, -0.05) is 0 Å². The zero-order valence-electron chi connectivity index (χ0n) is 8.55. The van der Waals surface area contributed by atoms with Crippen LogP contribution in [0.25, 0.3) is 0 Å². The number of aryl methyl sites for hydroxylation is 1. The molecule has 0 amide bonds. The quantitative estimate of drug-likeness (QED) is 0.773. The van der Waals surface area contributed by atoms with Crippen LogP contribution in [-0.4, -0.2) is 34.1 Å². The van der Waals surface area contributed by atoms with E-state index in [1.165, 1.54) is 0 Å². The minimum atomic E-state index is -0.731. The van der Waals surface area contributed by atoms with Gasteiger partial charge in [-0.15, -0.1) is 0 Å². The highest BCUT2D eigenvalue weighted by molar-refractivity contribution is 5.71. The number of carboxylic acid groups (broad SMARTS) is 1. The zero-order chi connectivity index (χ0) is 10.8. The number of aliphatic carboxylic acids is 1. The normalized spacial score (nSPS) is 20.6. The Labute approximate surface area is 87.8 Å². The highest BCUT2D eigenvalue weighted by Crippen LogP contribution is 2.20. The Morgan fingerprint density at radius 2 is 2.47 bits per heavy atom. The molecule has 1 aromatic heterocycles. The molecule has 0 radical (unpaired) electrons. The van der Waals surface area contributed by atoms with Gasteiger partial charge in [-0.25, -0.2) is 9.97 Å². The van der Waals surface area contributed by atoms with Gasteiger partial charge in [-0.3, -0.25) is 4.79 Å². The summed E-state index contributed by atoms with van der Waals surface area (Å²) in [4.78, 5) is 21.1. The second-order valence-corrected chi connectivity index (χ2v) is 3.77. The summed E-state index contributed by atoms with van der Waals surface area (Å²) in [7, 11) is 0. The lowest BCUT2D eigenvalue weighted by molar-refractivity contribution is -0.140. The number of carbonyl (C=O) groups is 1. The van der Waals surface area contributed by atoms with Gasteiger partial charge in [0.15, 0.2) is 0 Å². The molecule has 1 aliphatic heterocycles. The standard InChI is InChI=1S/C10H13N3O2/c1-7-2-4-11-10(12-7)13-5-3-8(6-13)9(14)15/h2,4,8H,3,5-6H2,1H3,(H,14,15). The summed E-state index contributed by atoms with van der Waals surface area (Å²) in [5.74, 6) is -0.377. The first kappa shape index (κ1) is 9.89. The first-order valence-corrected chi connectivity index (χ1v) is 4.94. The molecule has 1 saturated heterocycles. The second-order valence-electron chi connectivity index (χ2n) is 3.77. The molecule has 5 nitrogen and oxygen atoms in total. The topological polar surface area (TPSA) is 66.3 Å². The molecule has 1 unspecified atom stereocenters. The second kappa shape index (κ2) is 3.84. The molecule has 1 aliphatic rings. The van der Waals surface area contributed by atoms with E-state index in [4.69, 9.17) is 5.11 Å². The molecule has 1 fully saturated rings. The predicted octanol–water partition coefficient (Wildman–Crippen LogP) is 0.696. The van der Waals surface area contributed by atoms with Crippen LogP contribution in [0.2, 0.25) is 0 Å². The Balaban J connectivity index is 2.11. The molecule has 1 N–H and O–H groups in total. The Bertz CT molecular complexity index is 381. The average molecular weight is 207 g/mol. The number of aromatic nitrogens is 2. The van der Waals surface area contributed by atoms with Crippen LogP contribution < -0.4 is 4.90 Å². The highest BCUT2D eigenvalue weighted by Gasteiger charge is 2.29. The van der Waals surface area contributed by atoms with Gasteiger partial charge < -0.3 is 10.0 Å². The molecule has 15 heavy (non-hydrogen) atoms. The van der Waals surface area contributed by atoms with Gasteiger partial charge >= 0.3 is 5.97 Å². The molecular weight excluding hydrogens is 194 g/mol. The minimum Gasteiger partial charge on any atom is -0.481 e. The van der Waals surface area contributed by atoms with Crippen molar-refractivity contribution in [2.45, 2.75) is 13.3 Å². The van der Waals surface area contributed by atoms with Crippen molar-refractivity contribution in [1.29, 1.82) is 0 Å². The molecular formula is C10H13N3O2. The largest absolute Gasteiger partial charge is 0.481 e. The van der Waals surface area contributed by atoms with Gasteiger partial charge in [-0.05, 0) is 19.4 Å². The van der Waals surface area contributed by atoms with Crippen LogP contribution in [-0.2, 0) is 4.79 Å². The van der Waals surface area contributed by atoms with Gasteiger partial charge in [0.1, 0.15) is 0 Å². The van der Waals surface area contributed by atoms with E-state index < -0.39 is 5.97 Å². The number of hydrogen-bond acceptors (Lipinski definition) is 4. The van der Waals surface area contributed by atoms with Crippen molar-refractivity contribution in [3.8, 4) is 0 Å². The van der Waals surface area contributed by atoms with Gasteiger partial charge in [-0.2, -0.15) is 0 Å². The van der Waals surface area contributed by atoms with Gasteiger partial charge in [0.05, 0.1) is 5.92 Å². The fourth-order valence-electron chi connectivity index (χ4n) is 1.73. The summed E-state index contributed by atoms with van der Waals surface area (Å²) in [6, 6.07) is 1.83. The third kappa shape index (κ3) is 2.06. The maximum atomic E-state index is 10.8. The first-order chi connectivity index (χ1) is 7.16. The molecule has 5 heteroatoms. The van der Waals surface area contributed by atoms with Crippen LogP contribution >= 0.6 is 0 Å². The maximum Gasteiger partial charge on any atom is 0.308 e. The van der Waals surface area contributed by atoms with E-state index in [0.717, 1.165) is 12.2 Å². The van der Waals surface area contributed by atoms with Crippen molar-refractivity contribution in [1.82, 2.24) is 9.97 Å². The third-order valence-corrected chi connectivity index (χ3v) is 2.60. The Kier molecular flexibility index (Phi) is 2.53. The summed E-state index contributed by atoms with van der Waals surface area (Å²) in [5, 5.41) is 8.87. The molecule has 2 heterocycles. The van der Waals surface area contributed by atoms with Crippen molar-refractivity contribution < 1.29 is 9.90 Å².